The van der Waals surface area contributed by atoms with Crippen LogP contribution in [-0.4, -0.2) is 11.5 Å². The van der Waals surface area contributed by atoms with E-state index in [2.05, 4.69) is 4.74 Å². The Bertz CT molecular complexity index is 611. The lowest BCUT2D eigenvalue weighted by atomic mass is 10.0. The van der Waals surface area contributed by atoms with Crippen LogP contribution in [0.4, 0.5) is 17.6 Å². The first kappa shape index (κ1) is 15.3. The molecular formula is C15H12F4O2. The maximum Gasteiger partial charge on any atom is 0.573 e. The highest BCUT2D eigenvalue weighted by atomic mass is 19.4. The molecule has 2 rings (SSSR count). The molecular weight excluding hydrogens is 288 g/mol. The molecule has 0 bridgehead atoms. The predicted molar refractivity (Wildman–Crippen MR) is 68.2 cm³/mol. The van der Waals surface area contributed by atoms with Crippen molar-refractivity contribution in [2.24, 2.45) is 0 Å². The van der Waals surface area contributed by atoms with Gasteiger partial charge in [0.25, 0.3) is 0 Å². The van der Waals surface area contributed by atoms with Gasteiger partial charge in [0.1, 0.15) is 11.6 Å². The van der Waals surface area contributed by atoms with Crippen LogP contribution in [0.5, 0.6) is 5.75 Å². The van der Waals surface area contributed by atoms with Gasteiger partial charge in [-0.1, -0.05) is 30.3 Å². The van der Waals surface area contributed by atoms with Crippen LogP contribution >= 0.6 is 0 Å². The number of aliphatic hydroxyl groups excluding tert-OH is 1. The highest BCUT2D eigenvalue weighted by Gasteiger charge is 2.31. The Morgan fingerprint density at radius 2 is 1.76 bits per heavy atom. The van der Waals surface area contributed by atoms with Crippen molar-refractivity contribution < 1.29 is 27.4 Å². The average molecular weight is 300 g/mol. The van der Waals surface area contributed by atoms with E-state index in [0.29, 0.717) is 0 Å². The van der Waals surface area contributed by atoms with Crippen LogP contribution in [0, 0.1) is 5.82 Å². The van der Waals surface area contributed by atoms with E-state index in [1.54, 1.807) is 6.07 Å². The number of benzene rings is 2. The van der Waals surface area contributed by atoms with Gasteiger partial charge in [0.05, 0.1) is 6.10 Å². The fraction of sp³-hybridized carbons (Fsp3) is 0.200. The lowest BCUT2D eigenvalue weighted by Crippen LogP contribution is -2.17. The monoisotopic (exact) mass is 300 g/mol. The maximum atomic E-state index is 13.5. The summed E-state index contributed by atoms with van der Waals surface area (Å²) < 4.78 is 53.7. The van der Waals surface area contributed by atoms with Crippen molar-refractivity contribution >= 4 is 0 Å². The standard InChI is InChI=1S/C15H12F4O2/c16-13-7-2-1-4-10(13)9-14(20)11-5-3-6-12(8-11)21-15(17,18)19/h1-8,14,20H,9H2. The summed E-state index contributed by atoms with van der Waals surface area (Å²) in [6, 6.07) is 10.9. The van der Waals surface area contributed by atoms with E-state index in [1.165, 1.54) is 30.3 Å². The number of hydrogen-bond donors (Lipinski definition) is 1. The van der Waals surface area contributed by atoms with Gasteiger partial charge >= 0.3 is 6.36 Å². The summed E-state index contributed by atoms with van der Waals surface area (Å²) in [7, 11) is 0. The van der Waals surface area contributed by atoms with Gasteiger partial charge in [0.15, 0.2) is 0 Å². The molecule has 1 unspecified atom stereocenters. The summed E-state index contributed by atoms with van der Waals surface area (Å²) in [5.41, 5.74) is 0.507. The van der Waals surface area contributed by atoms with Crippen LogP contribution < -0.4 is 4.74 Å². The van der Waals surface area contributed by atoms with Gasteiger partial charge in [-0.05, 0) is 29.3 Å². The van der Waals surface area contributed by atoms with E-state index < -0.39 is 24.0 Å². The Balaban J connectivity index is 2.14. The van der Waals surface area contributed by atoms with Gasteiger partial charge < -0.3 is 9.84 Å². The van der Waals surface area contributed by atoms with E-state index in [1.807, 2.05) is 0 Å². The van der Waals surface area contributed by atoms with Gasteiger partial charge in [-0.15, -0.1) is 13.2 Å². The number of hydrogen-bond acceptors (Lipinski definition) is 2. The fourth-order valence-corrected chi connectivity index (χ4v) is 1.91. The molecule has 0 saturated heterocycles. The molecule has 0 aliphatic heterocycles. The zero-order valence-electron chi connectivity index (χ0n) is 10.8. The second-order valence-electron chi connectivity index (χ2n) is 4.43. The van der Waals surface area contributed by atoms with Crippen molar-refractivity contribution in [1.29, 1.82) is 0 Å². The van der Waals surface area contributed by atoms with Gasteiger partial charge in [-0.3, -0.25) is 0 Å². The molecule has 0 fully saturated rings. The smallest absolute Gasteiger partial charge is 0.406 e. The molecule has 0 aromatic heterocycles. The normalized spacial score (nSPS) is 13.0. The molecule has 2 aromatic carbocycles. The van der Waals surface area contributed by atoms with Gasteiger partial charge in [-0.2, -0.15) is 0 Å². The number of aliphatic hydroxyl groups is 1. The molecule has 2 aromatic rings. The Kier molecular flexibility index (Phi) is 4.47. The predicted octanol–water partition coefficient (Wildman–Crippen LogP) is 4.00. The number of rotatable bonds is 4. The molecule has 112 valence electrons. The van der Waals surface area contributed by atoms with Crippen LogP contribution in [0.2, 0.25) is 0 Å². The number of ether oxygens (including phenoxy) is 1. The molecule has 0 aliphatic carbocycles. The Hall–Kier alpha value is -2.08. The van der Waals surface area contributed by atoms with E-state index in [-0.39, 0.29) is 17.5 Å². The van der Waals surface area contributed by atoms with Crippen molar-refractivity contribution in [3.8, 4) is 5.75 Å². The van der Waals surface area contributed by atoms with Crippen LogP contribution in [-0.2, 0) is 6.42 Å². The molecule has 0 saturated carbocycles. The molecule has 0 heterocycles. The Labute approximate surface area is 118 Å². The lowest BCUT2D eigenvalue weighted by Gasteiger charge is -2.14. The highest BCUT2D eigenvalue weighted by Crippen LogP contribution is 2.27. The summed E-state index contributed by atoms with van der Waals surface area (Å²) >= 11 is 0. The van der Waals surface area contributed by atoms with Gasteiger partial charge in [0.2, 0.25) is 0 Å². The molecule has 1 atom stereocenters. The van der Waals surface area contributed by atoms with E-state index >= 15 is 0 Å². The quantitative estimate of drug-likeness (QED) is 0.865. The SMILES string of the molecule is OC(Cc1ccccc1F)c1cccc(OC(F)(F)F)c1. The van der Waals surface area contributed by atoms with E-state index in [9.17, 15) is 22.7 Å². The highest BCUT2D eigenvalue weighted by molar-refractivity contribution is 5.31. The summed E-state index contributed by atoms with van der Waals surface area (Å²) in [4.78, 5) is 0. The first-order valence-electron chi connectivity index (χ1n) is 6.12. The lowest BCUT2D eigenvalue weighted by molar-refractivity contribution is -0.274. The average Bonchev–Trinajstić information content (AvgIpc) is 2.39. The molecule has 0 amide bonds. The van der Waals surface area contributed by atoms with Crippen LogP contribution in [0.25, 0.3) is 0 Å². The Morgan fingerprint density at radius 1 is 1.05 bits per heavy atom. The summed E-state index contributed by atoms with van der Waals surface area (Å²) in [6.07, 6.45) is -5.96. The minimum Gasteiger partial charge on any atom is -0.406 e. The zero-order valence-corrected chi connectivity index (χ0v) is 10.8. The third kappa shape index (κ3) is 4.46. The maximum absolute atomic E-state index is 13.5. The van der Waals surface area contributed by atoms with Gasteiger partial charge in [-0.25, -0.2) is 4.39 Å². The summed E-state index contributed by atoms with van der Waals surface area (Å²) in [5, 5.41) is 10.0. The third-order valence-electron chi connectivity index (χ3n) is 2.85. The topological polar surface area (TPSA) is 29.5 Å². The van der Waals surface area contributed by atoms with E-state index in [4.69, 9.17) is 0 Å². The second kappa shape index (κ2) is 6.13. The van der Waals surface area contributed by atoms with Crippen molar-refractivity contribution in [3.05, 3.63) is 65.5 Å². The molecule has 21 heavy (non-hydrogen) atoms. The zero-order chi connectivity index (χ0) is 15.5. The van der Waals surface area contributed by atoms with Crippen LogP contribution in [0.1, 0.15) is 17.2 Å². The van der Waals surface area contributed by atoms with Crippen LogP contribution in [0.15, 0.2) is 48.5 Å². The second-order valence-corrected chi connectivity index (χ2v) is 4.43. The molecule has 0 spiro atoms. The minimum atomic E-state index is -4.80. The molecule has 1 N–H and O–H groups in total. The van der Waals surface area contributed by atoms with Crippen molar-refractivity contribution in [1.82, 2.24) is 0 Å². The fourth-order valence-electron chi connectivity index (χ4n) is 1.91. The minimum absolute atomic E-state index is 0.0395. The number of alkyl halides is 3. The van der Waals surface area contributed by atoms with Crippen molar-refractivity contribution in [2.45, 2.75) is 18.9 Å². The van der Waals surface area contributed by atoms with E-state index in [0.717, 1.165) is 12.1 Å². The molecule has 0 aliphatic rings. The largest absolute Gasteiger partial charge is 0.573 e. The molecule has 6 heteroatoms. The number of halogens is 4. The summed E-state index contributed by atoms with van der Waals surface area (Å²) in [6.45, 7) is 0. The third-order valence-corrected chi connectivity index (χ3v) is 2.85. The van der Waals surface area contributed by atoms with Crippen LogP contribution in [0.3, 0.4) is 0 Å². The molecule has 0 radical (unpaired) electrons. The molecule has 2 nitrogen and oxygen atoms in total. The Morgan fingerprint density at radius 3 is 2.43 bits per heavy atom. The van der Waals surface area contributed by atoms with Crippen molar-refractivity contribution in [2.75, 3.05) is 0 Å². The summed E-state index contributed by atoms with van der Waals surface area (Å²) in [5.74, 6) is -0.896. The van der Waals surface area contributed by atoms with Gasteiger partial charge in [0, 0.05) is 6.42 Å². The first-order chi connectivity index (χ1) is 9.85. The van der Waals surface area contributed by atoms with Crippen molar-refractivity contribution in [3.63, 3.8) is 0 Å². The first-order valence-corrected chi connectivity index (χ1v) is 6.12.